The molecule has 2 aromatic rings. The van der Waals surface area contributed by atoms with Crippen LogP contribution in [-0.4, -0.2) is 42.3 Å². The van der Waals surface area contributed by atoms with Gasteiger partial charge in [-0.2, -0.15) is 5.10 Å². The Morgan fingerprint density at radius 2 is 1.94 bits per heavy atom. The molecule has 0 radical (unpaired) electrons. The van der Waals surface area contributed by atoms with E-state index >= 15 is 0 Å². The first kappa shape index (κ1) is 21.3. The third-order valence-electron chi connectivity index (χ3n) is 5.92. The van der Waals surface area contributed by atoms with Gasteiger partial charge in [-0.25, -0.2) is 4.98 Å². The summed E-state index contributed by atoms with van der Waals surface area (Å²) in [6.07, 6.45) is 2.71. The van der Waals surface area contributed by atoms with Crippen LogP contribution in [0.25, 0.3) is 0 Å². The fraction of sp³-hybridized carbons (Fsp3) is 0.318. The van der Waals surface area contributed by atoms with E-state index in [4.69, 9.17) is 4.74 Å². The SMILES string of the molecule is CC(=O)c1c(O)c(C)c(O)c2c1OC1=CC(=O)/C(=C(/C)NCc3ncn(C)n3)C(=O)[C@]12C. The number of carbonyl (C=O) groups excluding carboxylic acids is 3. The average molecular weight is 438 g/mol. The van der Waals surface area contributed by atoms with Crippen LogP contribution in [0, 0.1) is 6.92 Å². The lowest BCUT2D eigenvalue weighted by Gasteiger charge is -2.29. The van der Waals surface area contributed by atoms with Crippen LogP contribution in [0.1, 0.15) is 48.1 Å². The second-order valence-electron chi connectivity index (χ2n) is 8.07. The van der Waals surface area contributed by atoms with E-state index in [1.807, 2.05) is 0 Å². The number of hydrogen-bond donors (Lipinski definition) is 3. The average Bonchev–Trinajstić information content (AvgIpc) is 3.26. The third-order valence-corrected chi connectivity index (χ3v) is 5.92. The van der Waals surface area contributed by atoms with Crippen LogP contribution in [0.15, 0.2) is 29.4 Å². The number of aromatic hydroxyl groups is 2. The minimum absolute atomic E-state index is 0.00626. The maximum atomic E-state index is 13.7. The lowest BCUT2D eigenvalue weighted by Crippen LogP contribution is -2.41. The molecule has 0 amide bonds. The molecule has 32 heavy (non-hydrogen) atoms. The Bertz CT molecular complexity index is 1290. The minimum Gasteiger partial charge on any atom is -0.507 e. The number of fused-ring (bicyclic) bond motifs is 3. The number of aromatic nitrogens is 3. The molecule has 10 nitrogen and oxygen atoms in total. The number of allylic oxidation sites excluding steroid dienone is 4. The molecule has 0 spiro atoms. The molecule has 4 rings (SSSR count). The summed E-state index contributed by atoms with van der Waals surface area (Å²) in [5.74, 6) is -2.09. The van der Waals surface area contributed by atoms with Crippen molar-refractivity contribution in [2.24, 2.45) is 7.05 Å². The number of nitrogens with zero attached hydrogens (tertiary/aromatic N) is 3. The quantitative estimate of drug-likeness (QED) is 0.367. The van der Waals surface area contributed by atoms with E-state index in [2.05, 4.69) is 15.4 Å². The van der Waals surface area contributed by atoms with E-state index in [9.17, 15) is 24.6 Å². The Morgan fingerprint density at radius 3 is 2.53 bits per heavy atom. The summed E-state index contributed by atoms with van der Waals surface area (Å²) < 4.78 is 7.27. The number of aryl methyl sites for hydroxylation is 1. The number of ketones is 3. The number of rotatable bonds is 4. The molecule has 1 aliphatic carbocycles. The van der Waals surface area contributed by atoms with Gasteiger partial charge in [-0.1, -0.05) is 0 Å². The molecule has 0 saturated carbocycles. The first-order valence-electron chi connectivity index (χ1n) is 9.86. The maximum absolute atomic E-state index is 13.7. The van der Waals surface area contributed by atoms with Crippen LogP contribution in [-0.2, 0) is 28.6 Å². The highest BCUT2D eigenvalue weighted by Crippen LogP contribution is 2.57. The van der Waals surface area contributed by atoms with Crippen LogP contribution in [0.2, 0.25) is 0 Å². The molecule has 0 unspecified atom stereocenters. The largest absolute Gasteiger partial charge is 0.507 e. The van der Waals surface area contributed by atoms with Gasteiger partial charge in [0.25, 0.3) is 0 Å². The normalized spacial score (nSPS) is 21.0. The molecule has 0 saturated heterocycles. The number of phenols is 2. The molecular formula is C22H22N4O6. The zero-order chi connectivity index (χ0) is 23.5. The summed E-state index contributed by atoms with van der Waals surface area (Å²) in [6, 6.07) is 0. The number of hydrogen-bond acceptors (Lipinski definition) is 9. The predicted octanol–water partition coefficient (Wildman–Crippen LogP) is 1.49. The molecule has 1 aliphatic heterocycles. The second kappa shape index (κ2) is 7.04. The Labute approximate surface area is 183 Å². The van der Waals surface area contributed by atoms with Crippen molar-refractivity contribution in [3.05, 3.63) is 51.9 Å². The van der Waals surface area contributed by atoms with Gasteiger partial charge in [0.2, 0.25) is 0 Å². The van der Waals surface area contributed by atoms with Crippen LogP contribution >= 0.6 is 0 Å². The lowest BCUT2D eigenvalue weighted by molar-refractivity contribution is -0.123. The van der Waals surface area contributed by atoms with Crippen LogP contribution in [0.5, 0.6) is 17.2 Å². The number of ether oxygens (including phenoxy) is 1. The van der Waals surface area contributed by atoms with Gasteiger partial charge in [0.15, 0.2) is 23.2 Å². The van der Waals surface area contributed by atoms with Gasteiger partial charge in [-0.05, 0) is 27.7 Å². The molecule has 2 heterocycles. The summed E-state index contributed by atoms with van der Waals surface area (Å²) in [5, 5.41) is 28.4. The van der Waals surface area contributed by atoms with E-state index in [1.54, 1.807) is 14.0 Å². The Kier molecular flexibility index (Phi) is 4.69. The number of benzene rings is 1. The van der Waals surface area contributed by atoms with Crippen LogP contribution in [0.3, 0.4) is 0 Å². The van der Waals surface area contributed by atoms with E-state index in [-0.39, 0.29) is 46.1 Å². The minimum atomic E-state index is -1.54. The Balaban J connectivity index is 1.84. The predicted molar refractivity (Wildman–Crippen MR) is 111 cm³/mol. The van der Waals surface area contributed by atoms with Crippen molar-refractivity contribution < 1.29 is 29.3 Å². The molecule has 1 aromatic heterocycles. The monoisotopic (exact) mass is 438 g/mol. The molecule has 0 bridgehead atoms. The second-order valence-corrected chi connectivity index (χ2v) is 8.07. The van der Waals surface area contributed by atoms with Gasteiger partial charge >= 0.3 is 0 Å². The highest BCUT2D eigenvalue weighted by Gasteiger charge is 2.56. The number of carbonyl (C=O) groups is 3. The smallest absolute Gasteiger partial charge is 0.194 e. The molecule has 2 aliphatic rings. The van der Waals surface area contributed by atoms with Gasteiger partial charge in [-0.15, -0.1) is 0 Å². The maximum Gasteiger partial charge on any atom is 0.194 e. The van der Waals surface area contributed by atoms with Crippen molar-refractivity contribution in [1.29, 1.82) is 0 Å². The first-order valence-corrected chi connectivity index (χ1v) is 9.86. The topological polar surface area (TPSA) is 144 Å². The highest BCUT2D eigenvalue weighted by molar-refractivity contribution is 6.31. The zero-order valence-corrected chi connectivity index (χ0v) is 18.2. The van der Waals surface area contributed by atoms with E-state index in [1.165, 1.54) is 37.9 Å². The zero-order valence-electron chi connectivity index (χ0n) is 18.2. The van der Waals surface area contributed by atoms with Crippen LogP contribution < -0.4 is 10.1 Å². The first-order chi connectivity index (χ1) is 15.0. The Hall–Kier alpha value is -3.95. The summed E-state index contributed by atoms with van der Waals surface area (Å²) in [4.78, 5) is 42.8. The van der Waals surface area contributed by atoms with Gasteiger partial charge in [0, 0.05) is 24.4 Å². The summed E-state index contributed by atoms with van der Waals surface area (Å²) in [6.45, 7) is 5.99. The Morgan fingerprint density at radius 1 is 1.25 bits per heavy atom. The van der Waals surface area contributed by atoms with Crippen molar-refractivity contribution in [2.75, 3.05) is 0 Å². The number of phenolic OH excluding ortho intramolecular Hbond substituents is 2. The molecular weight excluding hydrogens is 416 g/mol. The fourth-order valence-corrected chi connectivity index (χ4v) is 4.13. The third kappa shape index (κ3) is 2.83. The van der Waals surface area contributed by atoms with Gasteiger partial charge in [0.05, 0.1) is 17.7 Å². The summed E-state index contributed by atoms with van der Waals surface area (Å²) in [5.41, 5.74) is -1.37. The van der Waals surface area contributed by atoms with Crippen molar-refractivity contribution in [2.45, 2.75) is 39.7 Å². The molecule has 0 fully saturated rings. The van der Waals surface area contributed by atoms with Crippen molar-refractivity contribution in [1.82, 2.24) is 20.1 Å². The fourth-order valence-electron chi connectivity index (χ4n) is 4.13. The van der Waals surface area contributed by atoms with Gasteiger partial charge < -0.3 is 20.3 Å². The van der Waals surface area contributed by atoms with Crippen molar-refractivity contribution in [3.8, 4) is 17.2 Å². The molecule has 166 valence electrons. The standard InChI is InChI=1S/C22H22N4O6/c1-9-18(29)16(11(3)27)20-17(19(9)30)22(4)13(32-20)6-12(28)15(21(22)31)10(2)23-7-14-24-8-26(5)25-14/h6,8,23,29-30H,7H2,1-5H3/b15-10+/t22-/m1/s1. The number of nitrogens with one attached hydrogen (secondary N) is 1. The van der Waals surface area contributed by atoms with E-state index in [0.717, 1.165) is 0 Å². The lowest BCUT2D eigenvalue weighted by atomic mass is 9.70. The summed E-state index contributed by atoms with van der Waals surface area (Å²) >= 11 is 0. The highest BCUT2D eigenvalue weighted by atomic mass is 16.5. The van der Waals surface area contributed by atoms with Gasteiger partial charge in [-0.3, -0.25) is 19.1 Å². The van der Waals surface area contributed by atoms with E-state index in [0.29, 0.717) is 11.5 Å². The number of Topliss-reactive ketones (excluding diaryl/α,β-unsaturated/α-hetero) is 2. The summed E-state index contributed by atoms with van der Waals surface area (Å²) in [7, 11) is 1.72. The molecule has 1 atom stereocenters. The van der Waals surface area contributed by atoms with E-state index < -0.39 is 28.5 Å². The molecule has 3 N–H and O–H groups in total. The molecule has 1 aromatic carbocycles. The van der Waals surface area contributed by atoms with Crippen LogP contribution in [0.4, 0.5) is 0 Å². The van der Waals surface area contributed by atoms with Crippen molar-refractivity contribution in [3.63, 3.8) is 0 Å². The molecule has 10 heteroatoms. The van der Waals surface area contributed by atoms with Crippen molar-refractivity contribution >= 4 is 17.3 Å². The van der Waals surface area contributed by atoms with Gasteiger partial charge in [0.1, 0.15) is 40.3 Å².